The van der Waals surface area contributed by atoms with Gasteiger partial charge in [-0.15, -0.1) is 0 Å². The van der Waals surface area contributed by atoms with E-state index in [-0.39, 0.29) is 34.7 Å². The van der Waals surface area contributed by atoms with Crippen molar-refractivity contribution in [2.75, 3.05) is 0 Å². The average Bonchev–Trinajstić information content (AvgIpc) is 2.72. The molecule has 2 aromatic heterocycles. The van der Waals surface area contributed by atoms with Gasteiger partial charge in [0, 0.05) is 16.8 Å². The number of halogens is 3. The fraction of sp³-hybridized carbons (Fsp3) is 0.0952. The minimum absolute atomic E-state index is 0.0710. The molecular weight excluding hydrogens is 400 g/mol. The molecule has 0 aliphatic rings. The largest absolute Gasteiger partial charge is 0.332 e. The third kappa shape index (κ3) is 3.56. The molecule has 2 aromatic carbocycles. The predicted molar refractivity (Wildman–Crippen MR) is 106 cm³/mol. The van der Waals surface area contributed by atoms with Gasteiger partial charge in [0.2, 0.25) is 0 Å². The smallest absolute Gasteiger partial charge is 0.287 e. The molecule has 29 heavy (non-hydrogen) atoms. The van der Waals surface area contributed by atoms with E-state index < -0.39 is 22.9 Å². The summed E-state index contributed by atoms with van der Waals surface area (Å²) in [6.45, 7) is -0.244. The van der Waals surface area contributed by atoms with Gasteiger partial charge >= 0.3 is 5.69 Å². The lowest BCUT2D eigenvalue weighted by atomic mass is 10.2. The predicted octanol–water partition coefficient (Wildman–Crippen LogP) is 3.59. The van der Waals surface area contributed by atoms with Gasteiger partial charge in [0.05, 0.1) is 18.6 Å². The lowest BCUT2D eigenvalue weighted by Gasteiger charge is -2.15. The minimum atomic E-state index is -0.640. The Balaban J connectivity index is 1.93. The summed E-state index contributed by atoms with van der Waals surface area (Å²) in [6, 6.07) is 12.9. The highest BCUT2D eigenvalue weighted by Crippen LogP contribution is 2.20. The standard InChI is InChI=1S/C21H14ClF2N3O2/c22-16-3-1-4-17(24)15(16)12-26-18-5-2-10-25-19(18)20(28)27(21(26)29)11-13-6-8-14(23)9-7-13/h1-10H,11-12H2. The molecule has 0 fully saturated rings. The minimum Gasteiger partial charge on any atom is -0.287 e. The van der Waals surface area contributed by atoms with Gasteiger partial charge < -0.3 is 0 Å². The van der Waals surface area contributed by atoms with Crippen LogP contribution in [0.2, 0.25) is 5.02 Å². The van der Waals surface area contributed by atoms with E-state index in [2.05, 4.69) is 4.98 Å². The van der Waals surface area contributed by atoms with E-state index in [1.54, 1.807) is 12.1 Å². The number of fused-ring (bicyclic) bond motifs is 1. The van der Waals surface area contributed by atoms with E-state index in [0.29, 0.717) is 5.56 Å². The summed E-state index contributed by atoms with van der Waals surface area (Å²) in [5.41, 5.74) is -0.173. The summed E-state index contributed by atoms with van der Waals surface area (Å²) >= 11 is 6.12. The second kappa shape index (κ2) is 7.60. The van der Waals surface area contributed by atoms with Crippen molar-refractivity contribution in [3.05, 3.63) is 109 Å². The third-order valence-corrected chi connectivity index (χ3v) is 4.97. The first kappa shape index (κ1) is 19.0. The van der Waals surface area contributed by atoms with Crippen molar-refractivity contribution in [1.29, 1.82) is 0 Å². The number of pyridine rings is 1. The molecule has 0 saturated heterocycles. The van der Waals surface area contributed by atoms with Crippen LogP contribution < -0.4 is 11.2 Å². The molecule has 0 bridgehead atoms. The van der Waals surface area contributed by atoms with Crippen LogP contribution in [0.1, 0.15) is 11.1 Å². The number of hydrogen-bond acceptors (Lipinski definition) is 3. The first-order chi connectivity index (χ1) is 14.0. The van der Waals surface area contributed by atoms with Crippen LogP contribution in [0.4, 0.5) is 8.78 Å². The van der Waals surface area contributed by atoms with Gasteiger partial charge in [0.25, 0.3) is 5.56 Å². The summed E-state index contributed by atoms with van der Waals surface area (Å²) in [6.07, 6.45) is 1.44. The molecule has 0 atom stereocenters. The Kier molecular flexibility index (Phi) is 4.98. The van der Waals surface area contributed by atoms with Crippen molar-refractivity contribution in [1.82, 2.24) is 14.1 Å². The molecule has 0 radical (unpaired) electrons. The first-order valence-corrected chi connectivity index (χ1v) is 9.09. The monoisotopic (exact) mass is 413 g/mol. The van der Waals surface area contributed by atoms with E-state index in [1.807, 2.05) is 0 Å². The molecule has 0 saturated carbocycles. The Morgan fingerprint density at radius 1 is 0.897 bits per heavy atom. The summed E-state index contributed by atoms with van der Waals surface area (Å²) in [5.74, 6) is -0.981. The number of nitrogens with zero attached hydrogens (tertiary/aromatic N) is 3. The Hall–Kier alpha value is -3.32. The van der Waals surface area contributed by atoms with Gasteiger partial charge in [-0.25, -0.2) is 18.6 Å². The summed E-state index contributed by atoms with van der Waals surface area (Å²) < 4.78 is 29.8. The fourth-order valence-electron chi connectivity index (χ4n) is 3.15. The third-order valence-electron chi connectivity index (χ3n) is 4.62. The second-order valence-electron chi connectivity index (χ2n) is 6.46. The molecule has 2 heterocycles. The zero-order valence-electron chi connectivity index (χ0n) is 15.0. The van der Waals surface area contributed by atoms with Gasteiger partial charge in [0.15, 0.2) is 5.52 Å². The van der Waals surface area contributed by atoms with Gasteiger partial charge in [-0.05, 0) is 42.0 Å². The number of rotatable bonds is 4. The molecule has 0 aliphatic carbocycles. The first-order valence-electron chi connectivity index (χ1n) is 8.71. The number of benzene rings is 2. The molecule has 8 heteroatoms. The topological polar surface area (TPSA) is 56.9 Å². The molecule has 146 valence electrons. The highest BCUT2D eigenvalue weighted by atomic mass is 35.5. The van der Waals surface area contributed by atoms with Gasteiger partial charge in [0.1, 0.15) is 11.6 Å². The van der Waals surface area contributed by atoms with E-state index in [0.717, 1.165) is 4.57 Å². The Labute approximate surface area is 168 Å². The number of aromatic nitrogens is 3. The maximum absolute atomic E-state index is 14.3. The van der Waals surface area contributed by atoms with Crippen LogP contribution in [0.3, 0.4) is 0 Å². The van der Waals surface area contributed by atoms with Crippen LogP contribution in [0.5, 0.6) is 0 Å². The summed E-state index contributed by atoms with van der Waals surface area (Å²) in [4.78, 5) is 30.1. The maximum Gasteiger partial charge on any atom is 0.332 e. The molecule has 5 nitrogen and oxygen atoms in total. The van der Waals surface area contributed by atoms with Crippen LogP contribution in [0.15, 0.2) is 70.4 Å². The summed E-state index contributed by atoms with van der Waals surface area (Å²) in [5, 5.41) is 0.172. The van der Waals surface area contributed by atoms with Gasteiger partial charge in [-0.2, -0.15) is 0 Å². The molecule has 0 amide bonds. The van der Waals surface area contributed by atoms with Crippen molar-refractivity contribution in [3.63, 3.8) is 0 Å². The normalized spacial score (nSPS) is 11.1. The highest BCUT2D eigenvalue weighted by Gasteiger charge is 2.17. The number of hydrogen-bond donors (Lipinski definition) is 0. The molecule has 4 rings (SSSR count). The van der Waals surface area contributed by atoms with E-state index >= 15 is 0 Å². The lowest BCUT2D eigenvalue weighted by molar-refractivity contribution is 0.583. The van der Waals surface area contributed by atoms with Crippen molar-refractivity contribution >= 4 is 22.6 Å². The molecular formula is C21H14ClF2N3O2. The quantitative estimate of drug-likeness (QED) is 0.514. The molecule has 0 aliphatic heterocycles. The van der Waals surface area contributed by atoms with Crippen LogP contribution in [0.25, 0.3) is 11.0 Å². The summed E-state index contributed by atoms with van der Waals surface area (Å²) in [7, 11) is 0. The van der Waals surface area contributed by atoms with Crippen molar-refractivity contribution in [2.24, 2.45) is 0 Å². The zero-order valence-corrected chi connectivity index (χ0v) is 15.7. The Bertz CT molecular complexity index is 1310. The second-order valence-corrected chi connectivity index (χ2v) is 6.87. The van der Waals surface area contributed by atoms with Crippen LogP contribution in [-0.2, 0) is 13.1 Å². The van der Waals surface area contributed by atoms with Crippen LogP contribution in [0, 0.1) is 11.6 Å². The maximum atomic E-state index is 14.3. The molecule has 0 N–H and O–H groups in total. The van der Waals surface area contributed by atoms with E-state index in [4.69, 9.17) is 11.6 Å². The van der Waals surface area contributed by atoms with Crippen LogP contribution >= 0.6 is 11.6 Å². The highest BCUT2D eigenvalue weighted by molar-refractivity contribution is 6.31. The van der Waals surface area contributed by atoms with E-state index in [1.165, 1.54) is 53.2 Å². The Morgan fingerprint density at radius 3 is 2.38 bits per heavy atom. The molecule has 0 spiro atoms. The Morgan fingerprint density at radius 2 is 1.66 bits per heavy atom. The zero-order chi connectivity index (χ0) is 20.5. The molecule has 4 aromatic rings. The van der Waals surface area contributed by atoms with Crippen molar-refractivity contribution in [2.45, 2.75) is 13.1 Å². The van der Waals surface area contributed by atoms with Crippen LogP contribution in [-0.4, -0.2) is 14.1 Å². The lowest BCUT2D eigenvalue weighted by Crippen LogP contribution is -2.41. The van der Waals surface area contributed by atoms with Gasteiger partial charge in [-0.1, -0.05) is 29.8 Å². The van der Waals surface area contributed by atoms with Crippen molar-refractivity contribution in [3.8, 4) is 0 Å². The fourth-order valence-corrected chi connectivity index (χ4v) is 3.37. The average molecular weight is 414 g/mol. The molecule has 0 unspecified atom stereocenters. The van der Waals surface area contributed by atoms with Crippen molar-refractivity contribution < 1.29 is 8.78 Å². The van der Waals surface area contributed by atoms with Gasteiger partial charge in [-0.3, -0.25) is 13.9 Å². The SMILES string of the molecule is O=c1c2ncccc2n(Cc2c(F)cccc2Cl)c(=O)n1Cc1ccc(F)cc1. The van der Waals surface area contributed by atoms with E-state index in [9.17, 15) is 18.4 Å².